The van der Waals surface area contributed by atoms with Crippen molar-refractivity contribution in [3.8, 4) is 11.5 Å². The van der Waals surface area contributed by atoms with Gasteiger partial charge in [0.2, 0.25) is 0 Å². The lowest BCUT2D eigenvalue weighted by Crippen LogP contribution is -2.32. The molecule has 10 heteroatoms. The Balaban J connectivity index is 2.00. The predicted molar refractivity (Wildman–Crippen MR) is 100 cm³/mol. The van der Waals surface area contributed by atoms with Crippen LogP contribution in [-0.2, 0) is 9.59 Å². The maximum absolute atomic E-state index is 11.8. The summed E-state index contributed by atoms with van der Waals surface area (Å²) < 4.78 is 4.95. The van der Waals surface area contributed by atoms with Crippen LogP contribution >= 0.6 is 34.8 Å². The Morgan fingerprint density at radius 1 is 1.12 bits per heavy atom. The van der Waals surface area contributed by atoms with Crippen molar-refractivity contribution in [1.82, 2.24) is 5.43 Å². The summed E-state index contributed by atoms with van der Waals surface area (Å²) in [7, 11) is 1.36. The van der Waals surface area contributed by atoms with Crippen molar-refractivity contribution in [2.24, 2.45) is 5.10 Å². The number of ether oxygens (including phenoxy) is 1. The number of carbonyl (C=O) groups excluding carboxylic acids is 2. The van der Waals surface area contributed by atoms with Crippen LogP contribution in [-0.4, -0.2) is 30.2 Å². The maximum Gasteiger partial charge on any atom is 0.329 e. The number of carbonyl (C=O) groups is 2. The second kappa shape index (κ2) is 8.75. The third-order valence-electron chi connectivity index (χ3n) is 3.04. The van der Waals surface area contributed by atoms with Gasteiger partial charge in [0.05, 0.1) is 29.1 Å². The second-order valence-electron chi connectivity index (χ2n) is 4.83. The van der Waals surface area contributed by atoms with Gasteiger partial charge in [0.15, 0.2) is 11.5 Å². The molecule has 0 saturated heterocycles. The van der Waals surface area contributed by atoms with E-state index in [-0.39, 0.29) is 27.2 Å². The first-order valence-electron chi connectivity index (χ1n) is 6.97. The zero-order valence-electron chi connectivity index (χ0n) is 13.2. The van der Waals surface area contributed by atoms with Gasteiger partial charge in [-0.05, 0) is 35.9 Å². The molecule has 0 bridgehead atoms. The third kappa shape index (κ3) is 5.01. The topological polar surface area (TPSA) is 100 Å². The summed E-state index contributed by atoms with van der Waals surface area (Å²) in [5.74, 6) is -2.05. The third-order valence-corrected chi connectivity index (χ3v) is 3.87. The van der Waals surface area contributed by atoms with Gasteiger partial charge in [0.1, 0.15) is 0 Å². The van der Waals surface area contributed by atoms with E-state index in [1.165, 1.54) is 43.7 Å². The van der Waals surface area contributed by atoms with E-state index in [1.807, 2.05) is 0 Å². The lowest BCUT2D eigenvalue weighted by atomic mass is 10.2. The molecule has 0 fully saturated rings. The van der Waals surface area contributed by atoms with Gasteiger partial charge in [-0.15, -0.1) is 0 Å². The van der Waals surface area contributed by atoms with Gasteiger partial charge in [-0.3, -0.25) is 9.59 Å². The second-order valence-corrected chi connectivity index (χ2v) is 6.08. The van der Waals surface area contributed by atoms with Crippen LogP contribution in [0.1, 0.15) is 5.56 Å². The van der Waals surface area contributed by atoms with Crippen molar-refractivity contribution < 1.29 is 19.4 Å². The number of nitrogens with zero attached hydrogens (tertiary/aromatic N) is 1. The van der Waals surface area contributed by atoms with Gasteiger partial charge < -0.3 is 15.2 Å². The molecular formula is C16H12Cl3N3O4. The van der Waals surface area contributed by atoms with E-state index in [0.29, 0.717) is 10.6 Å². The van der Waals surface area contributed by atoms with E-state index in [1.54, 1.807) is 0 Å². The van der Waals surface area contributed by atoms with Crippen LogP contribution in [0.15, 0.2) is 35.4 Å². The van der Waals surface area contributed by atoms with Crippen molar-refractivity contribution in [3.05, 3.63) is 51.0 Å². The fourth-order valence-electron chi connectivity index (χ4n) is 1.81. The number of anilines is 1. The average Bonchev–Trinajstić information content (AvgIpc) is 2.60. The molecule has 7 nitrogen and oxygen atoms in total. The predicted octanol–water partition coefficient (Wildman–Crippen LogP) is 3.45. The molecular weight excluding hydrogens is 405 g/mol. The fraction of sp³-hybridized carbons (Fsp3) is 0.0625. The molecule has 2 rings (SSSR count). The Labute approximate surface area is 163 Å². The number of nitrogens with one attached hydrogen (secondary N) is 2. The Hall–Kier alpha value is -2.48. The summed E-state index contributed by atoms with van der Waals surface area (Å²) in [6.07, 6.45) is 1.23. The minimum absolute atomic E-state index is 0.0484. The first kappa shape index (κ1) is 19.8. The standard InChI is InChI=1S/C16H12Cl3N3O4/c1-26-13-5-8(4-11(19)14(13)23)7-20-22-16(25)15(24)21-12-3-2-9(17)6-10(12)18/h2-7,23H,1H3,(H,21,24)(H,22,25)/b20-7-. The van der Waals surface area contributed by atoms with Gasteiger partial charge in [-0.2, -0.15) is 5.10 Å². The smallest absolute Gasteiger partial charge is 0.329 e. The number of hydrogen-bond donors (Lipinski definition) is 3. The van der Waals surface area contributed by atoms with E-state index >= 15 is 0 Å². The normalized spacial score (nSPS) is 10.6. The van der Waals surface area contributed by atoms with Crippen LogP contribution in [0.4, 0.5) is 5.69 Å². The van der Waals surface area contributed by atoms with Gasteiger partial charge in [0.25, 0.3) is 0 Å². The van der Waals surface area contributed by atoms with E-state index in [4.69, 9.17) is 39.5 Å². The zero-order valence-corrected chi connectivity index (χ0v) is 15.5. The van der Waals surface area contributed by atoms with E-state index in [2.05, 4.69) is 15.8 Å². The van der Waals surface area contributed by atoms with Crippen molar-refractivity contribution in [2.45, 2.75) is 0 Å². The summed E-state index contributed by atoms with van der Waals surface area (Å²) in [5, 5.41) is 16.3. The van der Waals surface area contributed by atoms with Crippen LogP contribution in [0.3, 0.4) is 0 Å². The number of aromatic hydroxyl groups is 1. The molecule has 2 aromatic carbocycles. The van der Waals surface area contributed by atoms with Crippen molar-refractivity contribution in [3.63, 3.8) is 0 Å². The first-order valence-corrected chi connectivity index (χ1v) is 8.11. The van der Waals surface area contributed by atoms with Crippen LogP contribution in [0, 0.1) is 0 Å². The Bertz CT molecular complexity index is 887. The molecule has 0 aliphatic rings. The molecule has 0 saturated carbocycles. The highest BCUT2D eigenvalue weighted by Gasteiger charge is 2.15. The summed E-state index contributed by atoms with van der Waals surface area (Å²) in [6, 6.07) is 7.26. The summed E-state index contributed by atoms with van der Waals surface area (Å²) in [4.78, 5) is 23.6. The largest absolute Gasteiger partial charge is 0.503 e. The molecule has 0 unspecified atom stereocenters. The van der Waals surface area contributed by atoms with E-state index < -0.39 is 11.8 Å². The molecule has 0 spiro atoms. The van der Waals surface area contributed by atoms with Crippen molar-refractivity contribution in [2.75, 3.05) is 12.4 Å². The minimum atomic E-state index is -1.01. The highest BCUT2D eigenvalue weighted by atomic mass is 35.5. The Kier molecular flexibility index (Phi) is 6.68. The summed E-state index contributed by atoms with van der Waals surface area (Å²) in [6.45, 7) is 0. The first-order chi connectivity index (χ1) is 12.3. The molecule has 0 radical (unpaired) electrons. The molecule has 26 heavy (non-hydrogen) atoms. The number of hydrazone groups is 1. The van der Waals surface area contributed by atoms with E-state index in [9.17, 15) is 14.7 Å². The number of methoxy groups -OCH3 is 1. The quantitative estimate of drug-likeness (QED) is 0.404. The van der Waals surface area contributed by atoms with Crippen molar-refractivity contribution in [1.29, 1.82) is 0 Å². The number of phenols is 1. The van der Waals surface area contributed by atoms with E-state index in [0.717, 1.165) is 0 Å². The Morgan fingerprint density at radius 3 is 2.50 bits per heavy atom. The minimum Gasteiger partial charge on any atom is -0.503 e. The molecule has 0 aliphatic carbocycles. The number of benzene rings is 2. The molecule has 0 aliphatic heterocycles. The lowest BCUT2D eigenvalue weighted by Gasteiger charge is -2.07. The highest BCUT2D eigenvalue weighted by Crippen LogP contribution is 2.34. The van der Waals surface area contributed by atoms with Gasteiger partial charge in [-0.1, -0.05) is 34.8 Å². The molecule has 2 aromatic rings. The van der Waals surface area contributed by atoms with Gasteiger partial charge in [0, 0.05) is 5.02 Å². The number of amides is 2. The molecule has 0 aromatic heterocycles. The maximum atomic E-state index is 11.8. The number of rotatable bonds is 4. The molecule has 0 heterocycles. The molecule has 3 N–H and O–H groups in total. The fourth-order valence-corrected chi connectivity index (χ4v) is 2.48. The van der Waals surface area contributed by atoms with Gasteiger partial charge >= 0.3 is 11.8 Å². The zero-order chi connectivity index (χ0) is 19.3. The molecule has 136 valence electrons. The van der Waals surface area contributed by atoms with Crippen LogP contribution in [0.25, 0.3) is 0 Å². The summed E-state index contributed by atoms with van der Waals surface area (Å²) in [5.41, 5.74) is 2.72. The molecule has 2 amide bonds. The van der Waals surface area contributed by atoms with Crippen molar-refractivity contribution >= 4 is 58.5 Å². The Morgan fingerprint density at radius 2 is 1.85 bits per heavy atom. The average molecular weight is 417 g/mol. The molecule has 0 atom stereocenters. The monoisotopic (exact) mass is 415 g/mol. The van der Waals surface area contributed by atoms with Crippen LogP contribution in [0.2, 0.25) is 15.1 Å². The summed E-state index contributed by atoms with van der Waals surface area (Å²) >= 11 is 17.5. The SMILES string of the molecule is COc1cc(/C=N\NC(=O)C(=O)Nc2ccc(Cl)cc2Cl)cc(Cl)c1O. The highest BCUT2D eigenvalue weighted by molar-refractivity contribution is 6.42. The van der Waals surface area contributed by atoms with Gasteiger partial charge in [-0.25, -0.2) is 5.43 Å². The number of hydrogen-bond acceptors (Lipinski definition) is 5. The lowest BCUT2D eigenvalue weighted by molar-refractivity contribution is -0.136. The number of halogens is 3. The van der Waals surface area contributed by atoms with Crippen LogP contribution < -0.4 is 15.5 Å². The van der Waals surface area contributed by atoms with Crippen LogP contribution in [0.5, 0.6) is 11.5 Å². The number of phenolic OH excluding ortho intramolecular Hbond substituents is 1.